The Hall–Kier alpha value is -2.86. The maximum absolute atomic E-state index is 12.1. The lowest BCUT2D eigenvalue weighted by Crippen LogP contribution is -2.35. The van der Waals surface area contributed by atoms with Gasteiger partial charge >= 0.3 is 6.03 Å². The SMILES string of the molecule is O=C(NC[C@@H]1CCCOC1)Nc1ccc(-n2cnc3ccccc32)cc1. The Morgan fingerprint density at radius 1 is 1.19 bits per heavy atom. The number of carbonyl (C=O) groups is 1. The smallest absolute Gasteiger partial charge is 0.319 e. The minimum Gasteiger partial charge on any atom is -0.381 e. The van der Waals surface area contributed by atoms with Crippen LogP contribution in [0.25, 0.3) is 16.7 Å². The van der Waals surface area contributed by atoms with Crippen molar-refractivity contribution in [3.8, 4) is 5.69 Å². The number of fused-ring (bicyclic) bond motifs is 1. The number of nitrogens with zero attached hydrogens (tertiary/aromatic N) is 2. The van der Waals surface area contributed by atoms with Gasteiger partial charge in [0.25, 0.3) is 0 Å². The van der Waals surface area contributed by atoms with E-state index >= 15 is 0 Å². The molecule has 0 bridgehead atoms. The van der Waals surface area contributed by atoms with Crippen LogP contribution in [0.3, 0.4) is 0 Å². The van der Waals surface area contributed by atoms with Crippen molar-refractivity contribution >= 4 is 22.8 Å². The maximum Gasteiger partial charge on any atom is 0.319 e. The van der Waals surface area contributed by atoms with Gasteiger partial charge in [0.2, 0.25) is 0 Å². The number of ether oxygens (including phenoxy) is 1. The highest BCUT2D eigenvalue weighted by molar-refractivity contribution is 5.89. The molecule has 2 aromatic carbocycles. The van der Waals surface area contributed by atoms with Gasteiger partial charge in [-0.25, -0.2) is 9.78 Å². The van der Waals surface area contributed by atoms with Gasteiger partial charge in [0, 0.05) is 24.5 Å². The van der Waals surface area contributed by atoms with Crippen LogP contribution in [-0.4, -0.2) is 35.3 Å². The van der Waals surface area contributed by atoms with E-state index in [2.05, 4.69) is 15.6 Å². The van der Waals surface area contributed by atoms with Crippen molar-refractivity contribution < 1.29 is 9.53 Å². The normalized spacial score (nSPS) is 17.2. The standard InChI is InChI=1S/C20H22N4O2/c25-20(21-12-15-4-3-11-26-13-15)23-16-7-9-17(10-8-16)24-14-22-18-5-1-2-6-19(18)24/h1-2,5-10,14-15H,3-4,11-13H2,(H2,21,23,25)/t15-/m0/s1. The second-order valence-electron chi connectivity index (χ2n) is 6.57. The van der Waals surface area contributed by atoms with Gasteiger partial charge in [-0.3, -0.25) is 4.57 Å². The molecule has 1 aliphatic rings. The van der Waals surface area contributed by atoms with E-state index in [0.717, 1.165) is 48.5 Å². The number of amides is 2. The van der Waals surface area contributed by atoms with Crippen molar-refractivity contribution in [1.82, 2.24) is 14.9 Å². The van der Waals surface area contributed by atoms with Gasteiger partial charge in [-0.05, 0) is 55.2 Å². The first kappa shape index (κ1) is 16.6. The summed E-state index contributed by atoms with van der Waals surface area (Å²) in [5, 5.41) is 5.80. The van der Waals surface area contributed by atoms with Crippen LogP contribution in [0, 0.1) is 5.92 Å². The van der Waals surface area contributed by atoms with Crippen LogP contribution >= 0.6 is 0 Å². The van der Waals surface area contributed by atoms with Gasteiger partial charge < -0.3 is 15.4 Å². The van der Waals surface area contributed by atoms with Crippen molar-refractivity contribution in [1.29, 1.82) is 0 Å². The molecule has 0 aliphatic carbocycles. The molecule has 2 heterocycles. The summed E-state index contributed by atoms with van der Waals surface area (Å²) in [4.78, 5) is 16.5. The quantitative estimate of drug-likeness (QED) is 0.756. The van der Waals surface area contributed by atoms with Gasteiger partial charge in [-0.1, -0.05) is 12.1 Å². The molecule has 0 saturated carbocycles. The van der Waals surface area contributed by atoms with E-state index in [-0.39, 0.29) is 6.03 Å². The Morgan fingerprint density at radius 3 is 2.85 bits per heavy atom. The van der Waals surface area contributed by atoms with Crippen LogP contribution in [0.1, 0.15) is 12.8 Å². The fourth-order valence-corrected chi connectivity index (χ4v) is 3.25. The first-order valence-corrected chi connectivity index (χ1v) is 8.95. The van der Waals surface area contributed by atoms with E-state index in [4.69, 9.17) is 4.74 Å². The van der Waals surface area contributed by atoms with Crippen LogP contribution in [0.15, 0.2) is 54.9 Å². The molecule has 1 atom stereocenters. The lowest BCUT2D eigenvalue weighted by molar-refractivity contribution is 0.0559. The van der Waals surface area contributed by atoms with Crippen LogP contribution in [-0.2, 0) is 4.74 Å². The highest BCUT2D eigenvalue weighted by atomic mass is 16.5. The minimum absolute atomic E-state index is 0.184. The second-order valence-corrected chi connectivity index (χ2v) is 6.57. The van der Waals surface area contributed by atoms with E-state index in [9.17, 15) is 4.79 Å². The molecule has 1 fully saturated rings. The van der Waals surface area contributed by atoms with Gasteiger partial charge in [-0.2, -0.15) is 0 Å². The fourth-order valence-electron chi connectivity index (χ4n) is 3.25. The fraction of sp³-hybridized carbons (Fsp3) is 0.300. The number of nitrogens with one attached hydrogen (secondary N) is 2. The molecule has 134 valence electrons. The molecule has 6 nitrogen and oxygen atoms in total. The molecular formula is C20H22N4O2. The summed E-state index contributed by atoms with van der Waals surface area (Å²) in [5.74, 6) is 0.409. The number of imidazole rings is 1. The Labute approximate surface area is 152 Å². The number of hydrogen-bond acceptors (Lipinski definition) is 3. The molecule has 3 aromatic rings. The molecule has 6 heteroatoms. The Kier molecular flexibility index (Phi) is 4.84. The third-order valence-corrected chi connectivity index (χ3v) is 4.66. The van der Waals surface area contributed by atoms with Crippen molar-refractivity contribution in [2.45, 2.75) is 12.8 Å². The van der Waals surface area contributed by atoms with Gasteiger partial charge in [0.05, 0.1) is 17.6 Å². The number of benzene rings is 2. The van der Waals surface area contributed by atoms with E-state index in [1.165, 1.54) is 0 Å². The Morgan fingerprint density at radius 2 is 2.04 bits per heavy atom. The lowest BCUT2D eigenvalue weighted by Gasteiger charge is -2.22. The summed E-state index contributed by atoms with van der Waals surface area (Å²) < 4.78 is 7.46. The van der Waals surface area contributed by atoms with Crippen molar-refractivity contribution in [3.63, 3.8) is 0 Å². The van der Waals surface area contributed by atoms with Gasteiger partial charge in [0.15, 0.2) is 0 Å². The average molecular weight is 350 g/mol. The molecule has 0 radical (unpaired) electrons. The van der Waals surface area contributed by atoms with E-state index in [1.54, 1.807) is 0 Å². The highest BCUT2D eigenvalue weighted by Gasteiger charge is 2.14. The van der Waals surface area contributed by atoms with Crippen LogP contribution in [0.4, 0.5) is 10.5 Å². The molecular weight excluding hydrogens is 328 g/mol. The molecule has 4 rings (SSSR count). The summed E-state index contributed by atoms with van der Waals surface area (Å²) in [6.07, 6.45) is 3.98. The Balaban J connectivity index is 1.37. The predicted molar refractivity (Wildman–Crippen MR) is 102 cm³/mol. The van der Waals surface area contributed by atoms with Crippen LogP contribution in [0.2, 0.25) is 0 Å². The average Bonchev–Trinajstić information content (AvgIpc) is 3.12. The summed E-state index contributed by atoms with van der Waals surface area (Å²) in [5.41, 5.74) is 3.78. The number of hydrogen-bond donors (Lipinski definition) is 2. The van der Waals surface area contributed by atoms with Crippen molar-refractivity contribution in [2.24, 2.45) is 5.92 Å². The maximum atomic E-state index is 12.1. The predicted octanol–water partition coefficient (Wildman–Crippen LogP) is 3.57. The summed E-state index contributed by atoms with van der Waals surface area (Å²) in [6, 6.07) is 15.6. The molecule has 0 unspecified atom stereocenters. The molecule has 1 saturated heterocycles. The first-order chi connectivity index (χ1) is 12.8. The molecule has 26 heavy (non-hydrogen) atoms. The number of para-hydroxylation sites is 2. The first-order valence-electron chi connectivity index (χ1n) is 8.95. The number of rotatable bonds is 4. The largest absolute Gasteiger partial charge is 0.381 e. The van der Waals surface area contributed by atoms with Gasteiger partial charge in [0.1, 0.15) is 6.33 Å². The molecule has 2 N–H and O–H groups in total. The minimum atomic E-state index is -0.184. The highest BCUT2D eigenvalue weighted by Crippen LogP contribution is 2.19. The summed E-state index contributed by atoms with van der Waals surface area (Å²) in [7, 11) is 0. The molecule has 2 amide bonds. The van der Waals surface area contributed by atoms with Crippen LogP contribution < -0.4 is 10.6 Å². The van der Waals surface area contributed by atoms with E-state index in [0.29, 0.717) is 12.5 Å². The molecule has 0 spiro atoms. The van der Waals surface area contributed by atoms with Crippen molar-refractivity contribution in [2.75, 3.05) is 25.1 Å². The van der Waals surface area contributed by atoms with Gasteiger partial charge in [-0.15, -0.1) is 0 Å². The number of urea groups is 1. The summed E-state index contributed by atoms with van der Waals surface area (Å²) in [6.45, 7) is 2.21. The monoisotopic (exact) mass is 350 g/mol. The second kappa shape index (κ2) is 7.58. The van der Waals surface area contributed by atoms with Crippen molar-refractivity contribution in [3.05, 3.63) is 54.9 Å². The van der Waals surface area contributed by atoms with E-state index < -0.39 is 0 Å². The topological polar surface area (TPSA) is 68.2 Å². The third-order valence-electron chi connectivity index (χ3n) is 4.66. The number of carbonyl (C=O) groups excluding carboxylic acids is 1. The number of anilines is 1. The zero-order chi connectivity index (χ0) is 17.8. The molecule has 1 aliphatic heterocycles. The summed E-state index contributed by atoms with van der Waals surface area (Å²) >= 11 is 0. The lowest BCUT2D eigenvalue weighted by atomic mass is 10.0. The third kappa shape index (κ3) is 3.70. The zero-order valence-corrected chi connectivity index (χ0v) is 14.5. The number of aromatic nitrogens is 2. The Bertz CT molecular complexity index is 882. The zero-order valence-electron chi connectivity index (χ0n) is 14.5. The van der Waals surface area contributed by atoms with E-state index in [1.807, 2.05) is 59.4 Å². The van der Waals surface area contributed by atoms with Crippen LogP contribution in [0.5, 0.6) is 0 Å². The molecule has 1 aromatic heterocycles.